The van der Waals surface area contributed by atoms with Gasteiger partial charge in [0.05, 0.1) is 24.9 Å². The molecule has 4 nitrogen and oxygen atoms in total. The Balaban J connectivity index is 2.09. The fourth-order valence-corrected chi connectivity index (χ4v) is 2.04. The molecule has 1 heterocycles. The highest BCUT2D eigenvalue weighted by Gasteiger charge is 2.09. The van der Waals surface area contributed by atoms with E-state index in [1.54, 1.807) is 17.8 Å². The van der Waals surface area contributed by atoms with Gasteiger partial charge in [-0.15, -0.1) is 0 Å². The summed E-state index contributed by atoms with van der Waals surface area (Å²) in [6, 6.07) is 7.97. The fraction of sp³-hybridized carbons (Fsp3) is 0.231. The Morgan fingerprint density at radius 3 is 3.06 bits per heavy atom. The SMILES string of the molecule is CCOC(=O)c1cnn(Cc2cccc(Br)c2)c1. The Hall–Kier alpha value is -1.62. The van der Waals surface area contributed by atoms with Crippen molar-refractivity contribution in [3.8, 4) is 0 Å². The molecule has 94 valence electrons. The van der Waals surface area contributed by atoms with Gasteiger partial charge < -0.3 is 4.74 Å². The Bertz CT molecular complexity index is 551. The lowest BCUT2D eigenvalue weighted by Crippen LogP contribution is -2.04. The molecule has 0 atom stereocenters. The van der Waals surface area contributed by atoms with Crippen molar-refractivity contribution in [2.75, 3.05) is 6.61 Å². The van der Waals surface area contributed by atoms with Gasteiger partial charge >= 0.3 is 5.97 Å². The summed E-state index contributed by atoms with van der Waals surface area (Å²) in [7, 11) is 0. The lowest BCUT2D eigenvalue weighted by molar-refractivity contribution is 0.0526. The van der Waals surface area contributed by atoms with Crippen molar-refractivity contribution < 1.29 is 9.53 Å². The topological polar surface area (TPSA) is 44.1 Å². The minimum absolute atomic E-state index is 0.335. The predicted molar refractivity (Wildman–Crippen MR) is 71.4 cm³/mol. The third-order valence-corrected chi connectivity index (χ3v) is 2.87. The Kier molecular flexibility index (Phi) is 4.15. The lowest BCUT2D eigenvalue weighted by atomic mass is 10.2. The first kappa shape index (κ1) is 12.8. The number of benzene rings is 1. The average Bonchev–Trinajstić information content (AvgIpc) is 2.78. The zero-order chi connectivity index (χ0) is 13.0. The highest BCUT2D eigenvalue weighted by molar-refractivity contribution is 9.10. The zero-order valence-electron chi connectivity index (χ0n) is 9.97. The first-order chi connectivity index (χ1) is 8.69. The molecule has 1 aromatic heterocycles. The van der Waals surface area contributed by atoms with E-state index in [4.69, 9.17) is 4.74 Å². The molecule has 1 aromatic carbocycles. The van der Waals surface area contributed by atoms with Crippen LogP contribution in [0, 0.1) is 0 Å². The van der Waals surface area contributed by atoms with Crippen molar-refractivity contribution in [1.29, 1.82) is 0 Å². The summed E-state index contributed by atoms with van der Waals surface area (Å²) in [6.07, 6.45) is 3.22. The molecule has 0 aliphatic rings. The number of halogens is 1. The molecule has 2 rings (SSSR count). The van der Waals surface area contributed by atoms with Crippen LogP contribution in [-0.2, 0) is 11.3 Å². The van der Waals surface area contributed by atoms with Gasteiger partial charge in [-0.1, -0.05) is 28.1 Å². The molecule has 2 aromatic rings. The van der Waals surface area contributed by atoms with Crippen LogP contribution in [0.25, 0.3) is 0 Å². The molecule has 0 aliphatic carbocycles. The third-order valence-electron chi connectivity index (χ3n) is 2.38. The summed E-state index contributed by atoms with van der Waals surface area (Å²) in [5, 5.41) is 4.14. The van der Waals surface area contributed by atoms with Gasteiger partial charge in [0, 0.05) is 10.7 Å². The standard InChI is InChI=1S/C13H13BrN2O2/c1-2-18-13(17)11-7-15-16(9-11)8-10-4-3-5-12(14)6-10/h3-7,9H,2,8H2,1H3. The summed E-state index contributed by atoms with van der Waals surface area (Å²) in [5.41, 5.74) is 1.59. The van der Waals surface area contributed by atoms with Crippen LogP contribution in [0.3, 0.4) is 0 Å². The van der Waals surface area contributed by atoms with Crippen LogP contribution in [0.4, 0.5) is 0 Å². The Labute approximate surface area is 114 Å². The zero-order valence-corrected chi connectivity index (χ0v) is 11.6. The molecule has 0 bridgehead atoms. The number of esters is 1. The molecule has 18 heavy (non-hydrogen) atoms. The molecule has 0 fully saturated rings. The maximum Gasteiger partial charge on any atom is 0.341 e. The van der Waals surface area contributed by atoms with Gasteiger partial charge in [0.2, 0.25) is 0 Å². The van der Waals surface area contributed by atoms with Gasteiger partial charge in [-0.05, 0) is 24.6 Å². The van der Waals surface area contributed by atoms with E-state index < -0.39 is 0 Å². The molecule has 0 N–H and O–H groups in total. The van der Waals surface area contributed by atoms with Crippen molar-refractivity contribution in [3.05, 3.63) is 52.3 Å². The van der Waals surface area contributed by atoms with Gasteiger partial charge in [-0.3, -0.25) is 4.68 Å². The van der Waals surface area contributed by atoms with Crippen molar-refractivity contribution in [2.24, 2.45) is 0 Å². The minimum atomic E-state index is -0.335. The maximum absolute atomic E-state index is 11.5. The van der Waals surface area contributed by atoms with Gasteiger partial charge in [0.25, 0.3) is 0 Å². The summed E-state index contributed by atoms with van der Waals surface area (Å²) in [5.74, 6) is -0.335. The van der Waals surface area contributed by atoms with Gasteiger partial charge in [-0.25, -0.2) is 4.79 Å². The summed E-state index contributed by atoms with van der Waals surface area (Å²) < 4.78 is 7.65. The second-order valence-electron chi connectivity index (χ2n) is 3.78. The van der Waals surface area contributed by atoms with Crippen molar-refractivity contribution >= 4 is 21.9 Å². The van der Waals surface area contributed by atoms with Crippen molar-refractivity contribution in [1.82, 2.24) is 9.78 Å². The molecule has 5 heteroatoms. The van der Waals surface area contributed by atoms with Crippen LogP contribution in [0.5, 0.6) is 0 Å². The second-order valence-corrected chi connectivity index (χ2v) is 4.69. The fourth-order valence-electron chi connectivity index (χ4n) is 1.59. The highest BCUT2D eigenvalue weighted by atomic mass is 79.9. The van der Waals surface area contributed by atoms with E-state index in [-0.39, 0.29) is 5.97 Å². The van der Waals surface area contributed by atoms with E-state index in [2.05, 4.69) is 21.0 Å². The van der Waals surface area contributed by atoms with E-state index in [1.165, 1.54) is 6.20 Å². The van der Waals surface area contributed by atoms with E-state index in [1.807, 2.05) is 24.3 Å². The lowest BCUT2D eigenvalue weighted by Gasteiger charge is -2.02. The highest BCUT2D eigenvalue weighted by Crippen LogP contribution is 2.13. The van der Waals surface area contributed by atoms with Crippen LogP contribution >= 0.6 is 15.9 Å². The quantitative estimate of drug-likeness (QED) is 0.816. The van der Waals surface area contributed by atoms with E-state index in [9.17, 15) is 4.79 Å². The number of carbonyl (C=O) groups excluding carboxylic acids is 1. The van der Waals surface area contributed by atoms with E-state index >= 15 is 0 Å². The monoisotopic (exact) mass is 308 g/mol. The Morgan fingerprint density at radius 2 is 2.33 bits per heavy atom. The third kappa shape index (κ3) is 3.20. The van der Waals surface area contributed by atoms with Gasteiger partial charge in [-0.2, -0.15) is 5.10 Å². The van der Waals surface area contributed by atoms with E-state index in [0.29, 0.717) is 18.7 Å². The van der Waals surface area contributed by atoms with Crippen molar-refractivity contribution in [3.63, 3.8) is 0 Å². The average molecular weight is 309 g/mol. The number of ether oxygens (including phenoxy) is 1. The second kappa shape index (κ2) is 5.82. The number of hydrogen-bond acceptors (Lipinski definition) is 3. The number of carbonyl (C=O) groups is 1. The summed E-state index contributed by atoms with van der Waals surface area (Å²) in [4.78, 5) is 11.5. The van der Waals surface area contributed by atoms with Crippen molar-refractivity contribution in [2.45, 2.75) is 13.5 Å². The number of nitrogens with zero attached hydrogens (tertiary/aromatic N) is 2. The molecule has 0 spiro atoms. The number of aromatic nitrogens is 2. The van der Waals surface area contributed by atoms with E-state index in [0.717, 1.165) is 10.0 Å². The number of rotatable bonds is 4. The maximum atomic E-state index is 11.5. The summed E-state index contributed by atoms with van der Waals surface area (Å²) in [6.45, 7) is 2.78. The van der Waals surface area contributed by atoms with Crippen LogP contribution in [0.1, 0.15) is 22.8 Å². The normalized spacial score (nSPS) is 10.3. The predicted octanol–water partition coefficient (Wildman–Crippen LogP) is 2.87. The van der Waals surface area contributed by atoms with Crippen LogP contribution in [0.2, 0.25) is 0 Å². The first-order valence-corrected chi connectivity index (χ1v) is 6.42. The van der Waals surface area contributed by atoms with Gasteiger partial charge in [0.15, 0.2) is 0 Å². The van der Waals surface area contributed by atoms with Crippen LogP contribution in [0.15, 0.2) is 41.1 Å². The Morgan fingerprint density at radius 1 is 1.50 bits per heavy atom. The first-order valence-electron chi connectivity index (χ1n) is 5.63. The molecular weight excluding hydrogens is 296 g/mol. The molecule has 0 saturated carbocycles. The van der Waals surface area contributed by atoms with Crippen LogP contribution < -0.4 is 0 Å². The smallest absolute Gasteiger partial charge is 0.341 e. The molecular formula is C13H13BrN2O2. The molecule has 0 saturated heterocycles. The molecule has 0 amide bonds. The summed E-state index contributed by atoms with van der Waals surface area (Å²) >= 11 is 3.42. The molecule has 0 radical (unpaired) electrons. The molecule has 0 aliphatic heterocycles. The molecule has 0 unspecified atom stereocenters. The minimum Gasteiger partial charge on any atom is -0.462 e. The largest absolute Gasteiger partial charge is 0.462 e. The van der Waals surface area contributed by atoms with Gasteiger partial charge in [0.1, 0.15) is 0 Å². The number of hydrogen-bond donors (Lipinski definition) is 0. The van der Waals surface area contributed by atoms with Crippen LogP contribution in [-0.4, -0.2) is 22.4 Å².